The Bertz CT molecular complexity index is 1730. The van der Waals surface area contributed by atoms with Crippen molar-refractivity contribution in [3.05, 3.63) is 75.2 Å². The van der Waals surface area contributed by atoms with Crippen LogP contribution in [0.2, 0.25) is 10.2 Å². The van der Waals surface area contributed by atoms with Crippen molar-refractivity contribution in [2.24, 2.45) is 0 Å². The summed E-state index contributed by atoms with van der Waals surface area (Å²) < 4.78 is 29.1. The number of nitrogens with zero attached hydrogens (tertiary/aromatic N) is 2. The molecule has 0 aliphatic rings. The predicted molar refractivity (Wildman–Crippen MR) is 146 cm³/mol. The van der Waals surface area contributed by atoms with Crippen LogP contribution in [0.5, 0.6) is 5.75 Å². The summed E-state index contributed by atoms with van der Waals surface area (Å²) >= 11 is 11.7. The highest BCUT2D eigenvalue weighted by Crippen LogP contribution is 2.36. The molecule has 0 unspecified atom stereocenters. The quantitative estimate of drug-likeness (QED) is 0.188. The van der Waals surface area contributed by atoms with Gasteiger partial charge in [-0.2, -0.15) is 0 Å². The number of carbonyl (C=O) groups is 2. The number of fused-ring (bicyclic) bond motifs is 2. The van der Waals surface area contributed by atoms with E-state index in [2.05, 4.69) is 24.7 Å². The Morgan fingerprint density at radius 2 is 1.38 bits per heavy atom. The Kier molecular flexibility index (Phi) is 8.08. The van der Waals surface area contributed by atoms with Gasteiger partial charge in [0.25, 0.3) is 0 Å². The second kappa shape index (κ2) is 11.3. The molecule has 9 nitrogen and oxygen atoms in total. The first kappa shape index (κ1) is 27.9. The third-order valence-corrected chi connectivity index (χ3v) is 6.46. The third-order valence-electron chi connectivity index (χ3n) is 5.97. The fourth-order valence-electron chi connectivity index (χ4n) is 4.15. The molecule has 0 fully saturated rings. The fourth-order valence-corrected chi connectivity index (χ4v) is 4.56. The van der Waals surface area contributed by atoms with E-state index in [0.717, 1.165) is 22.0 Å². The number of carbonyl (C=O) groups excluding carboxylic acids is 2. The molecule has 0 aliphatic heterocycles. The molecule has 4 heterocycles. The van der Waals surface area contributed by atoms with Gasteiger partial charge in [-0.1, -0.05) is 23.2 Å². The summed E-state index contributed by atoms with van der Waals surface area (Å²) in [6.07, 6.45) is 3.55. The lowest BCUT2D eigenvalue weighted by Gasteiger charge is -2.10. The van der Waals surface area contributed by atoms with Crippen LogP contribution >= 0.6 is 23.2 Å². The van der Waals surface area contributed by atoms with Crippen LogP contribution in [0.15, 0.2) is 36.7 Å². The van der Waals surface area contributed by atoms with E-state index in [1.54, 1.807) is 24.5 Å². The molecule has 0 saturated carbocycles. The highest BCUT2D eigenvalue weighted by atomic mass is 35.5. The van der Waals surface area contributed by atoms with Crippen LogP contribution in [0.4, 0.5) is 4.39 Å². The van der Waals surface area contributed by atoms with Gasteiger partial charge in [-0.25, -0.2) is 23.9 Å². The van der Waals surface area contributed by atoms with Crippen molar-refractivity contribution in [1.82, 2.24) is 19.9 Å². The highest BCUT2D eigenvalue weighted by molar-refractivity contribution is 6.32. The standard InChI is InChI=1S/C17H14ClFN2O3.C10H9ClN2O2/c1-8-7-20-12-6-11(21-15(13(8)12)17(22)24-3)9-4-5-10(18)16(23-2)14(9)19;1-5-4-12-6-3-7(11)13-9(8(5)6)10(14)15-2/h4-7,20H,1-3H3;3-4,12H,1-2H3. The van der Waals surface area contributed by atoms with Gasteiger partial charge in [0, 0.05) is 28.7 Å². The van der Waals surface area contributed by atoms with Crippen LogP contribution < -0.4 is 4.74 Å². The van der Waals surface area contributed by atoms with Crippen LogP contribution in [0.3, 0.4) is 0 Å². The second-order valence-corrected chi connectivity index (χ2v) is 9.16. The van der Waals surface area contributed by atoms with E-state index in [4.69, 9.17) is 32.7 Å². The van der Waals surface area contributed by atoms with E-state index in [-0.39, 0.29) is 38.6 Å². The fraction of sp³-hybridized carbons (Fsp3) is 0.185. The number of ether oxygens (including phenoxy) is 3. The maximum absolute atomic E-state index is 14.7. The Morgan fingerprint density at radius 1 is 0.846 bits per heavy atom. The van der Waals surface area contributed by atoms with Gasteiger partial charge < -0.3 is 24.2 Å². The first-order valence-electron chi connectivity index (χ1n) is 11.4. The normalized spacial score (nSPS) is 10.8. The molecule has 0 radical (unpaired) electrons. The van der Waals surface area contributed by atoms with E-state index < -0.39 is 17.8 Å². The summed E-state index contributed by atoms with van der Waals surface area (Å²) in [7, 11) is 3.92. The van der Waals surface area contributed by atoms with Gasteiger partial charge in [0.2, 0.25) is 0 Å². The van der Waals surface area contributed by atoms with E-state index in [0.29, 0.717) is 10.9 Å². The second-order valence-electron chi connectivity index (χ2n) is 8.36. The maximum atomic E-state index is 14.7. The number of rotatable bonds is 4. The van der Waals surface area contributed by atoms with Crippen LogP contribution in [-0.2, 0) is 9.47 Å². The molecular formula is C27H23Cl2FN4O5. The number of aromatic amines is 2. The average Bonchev–Trinajstić information content (AvgIpc) is 3.49. The zero-order valence-electron chi connectivity index (χ0n) is 21.5. The molecule has 5 rings (SSSR count). The zero-order chi connectivity index (χ0) is 28.4. The number of benzene rings is 1. The van der Waals surface area contributed by atoms with E-state index >= 15 is 0 Å². The third kappa shape index (κ3) is 5.25. The number of esters is 2. The van der Waals surface area contributed by atoms with E-state index in [1.165, 1.54) is 33.5 Å². The van der Waals surface area contributed by atoms with E-state index in [1.807, 2.05) is 13.8 Å². The summed E-state index contributed by atoms with van der Waals surface area (Å²) in [5, 5.41) is 1.83. The SMILES string of the molecule is COC(=O)c1nc(-c2ccc(Cl)c(OC)c2F)cc2[nH]cc(C)c12.COC(=O)c1nc(Cl)cc2[nH]cc(C)c12. The number of hydrogen-bond acceptors (Lipinski definition) is 7. The molecule has 1 aromatic carbocycles. The van der Waals surface area contributed by atoms with Crippen molar-refractivity contribution in [1.29, 1.82) is 0 Å². The predicted octanol–water partition coefficient (Wildman–Crippen LogP) is 6.44. The number of H-pyrrole nitrogens is 2. The maximum Gasteiger partial charge on any atom is 0.357 e. The number of methoxy groups -OCH3 is 3. The van der Waals surface area contributed by atoms with Crippen molar-refractivity contribution < 1.29 is 28.2 Å². The summed E-state index contributed by atoms with van der Waals surface area (Å²) in [6, 6.07) is 6.35. The van der Waals surface area contributed by atoms with Gasteiger partial charge in [-0.3, -0.25) is 0 Å². The zero-order valence-corrected chi connectivity index (χ0v) is 23.0. The van der Waals surface area contributed by atoms with Crippen LogP contribution in [0.25, 0.3) is 33.1 Å². The molecule has 0 bridgehead atoms. The van der Waals surface area contributed by atoms with Crippen molar-refractivity contribution in [3.8, 4) is 17.0 Å². The lowest BCUT2D eigenvalue weighted by Crippen LogP contribution is -2.06. The average molecular weight is 573 g/mol. The van der Waals surface area contributed by atoms with Gasteiger partial charge in [0.15, 0.2) is 23.0 Å². The molecule has 0 atom stereocenters. The Hall–Kier alpha value is -4.15. The molecule has 0 saturated heterocycles. The number of aryl methyl sites for hydroxylation is 2. The monoisotopic (exact) mass is 572 g/mol. The number of aromatic nitrogens is 4. The number of hydrogen-bond donors (Lipinski definition) is 2. The van der Waals surface area contributed by atoms with Gasteiger partial charge in [0.05, 0.1) is 43.1 Å². The van der Waals surface area contributed by atoms with Crippen LogP contribution in [0.1, 0.15) is 32.1 Å². The minimum Gasteiger partial charge on any atom is -0.492 e. The van der Waals surface area contributed by atoms with E-state index in [9.17, 15) is 14.0 Å². The largest absolute Gasteiger partial charge is 0.492 e. The molecule has 0 aliphatic carbocycles. The van der Waals surface area contributed by atoms with Gasteiger partial charge in [-0.15, -0.1) is 0 Å². The summed E-state index contributed by atoms with van der Waals surface area (Å²) in [4.78, 5) is 37.9. The summed E-state index contributed by atoms with van der Waals surface area (Å²) in [6.45, 7) is 3.74. The minimum absolute atomic E-state index is 0.0710. The van der Waals surface area contributed by atoms with Gasteiger partial charge >= 0.3 is 11.9 Å². The number of halogens is 3. The van der Waals surface area contributed by atoms with Crippen LogP contribution in [-0.4, -0.2) is 53.2 Å². The first-order valence-corrected chi connectivity index (χ1v) is 12.2. The molecule has 202 valence electrons. The smallest absolute Gasteiger partial charge is 0.357 e. The summed E-state index contributed by atoms with van der Waals surface area (Å²) in [5.74, 6) is -1.79. The van der Waals surface area contributed by atoms with Crippen molar-refractivity contribution in [2.45, 2.75) is 13.8 Å². The Labute approximate surface area is 232 Å². The van der Waals surface area contributed by atoms with Crippen molar-refractivity contribution in [2.75, 3.05) is 21.3 Å². The minimum atomic E-state index is -0.643. The molecule has 12 heteroatoms. The van der Waals surface area contributed by atoms with Crippen molar-refractivity contribution in [3.63, 3.8) is 0 Å². The lowest BCUT2D eigenvalue weighted by atomic mass is 10.1. The molecule has 39 heavy (non-hydrogen) atoms. The van der Waals surface area contributed by atoms with Crippen molar-refractivity contribution >= 4 is 56.9 Å². The lowest BCUT2D eigenvalue weighted by molar-refractivity contribution is 0.0588. The molecule has 0 amide bonds. The molecule has 5 aromatic rings. The summed E-state index contributed by atoms with van der Waals surface area (Å²) in [5.41, 5.74) is 4.05. The van der Waals surface area contributed by atoms with Gasteiger partial charge in [0.1, 0.15) is 5.15 Å². The highest BCUT2D eigenvalue weighted by Gasteiger charge is 2.21. The first-order chi connectivity index (χ1) is 18.6. The van der Waals surface area contributed by atoms with Gasteiger partial charge in [-0.05, 0) is 49.2 Å². The van der Waals surface area contributed by atoms with Crippen LogP contribution in [0, 0.1) is 19.7 Å². The topological polar surface area (TPSA) is 119 Å². The number of nitrogens with one attached hydrogen (secondary N) is 2. The Morgan fingerprint density at radius 3 is 1.92 bits per heavy atom. The molecular weight excluding hydrogens is 550 g/mol. The molecule has 0 spiro atoms. The number of pyridine rings is 2. The molecule has 4 aromatic heterocycles. The Balaban J connectivity index is 0.000000202. The molecule has 2 N–H and O–H groups in total.